The molecule has 1 heterocycles. The van der Waals surface area contributed by atoms with Crippen LogP contribution in [-0.4, -0.2) is 72.1 Å². The van der Waals surface area contributed by atoms with Crippen molar-refractivity contribution < 1.29 is 19.1 Å². The summed E-state index contributed by atoms with van der Waals surface area (Å²) in [5, 5.41) is 4.41. The highest BCUT2D eigenvalue weighted by atomic mass is 35.5. The molecule has 174 valence electrons. The van der Waals surface area contributed by atoms with Crippen molar-refractivity contribution in [2.24, 2.45) is 0 Å². The molecule has 2 bridgehead atoms. The van der Waals surface area contributed by atoms with Gasteiger partial charge in [-0.05, 0) is 61.4 Å². The predicted molar refractivity (Wildman–Crippen MR) is 125 cm³/mol. The zero-order valence-electron chi connectivity index (χ0n) is 18.2. The molecule has 7 nitrogen and oxygen atoms in total. The molecule has 33 heavy (non-hydrogen) atoms. The van der Waals surface area contributed by atoms with Crippen LogP contribution < -0.4 is 14.8 Å². The highest BCUT2D eigenvalue weighted by molar-refractivity contribution is 6.30. The quantitative estimate of drug-likeness (QED) is 0.616. The molecule has 1 unspecified atom stereocenters. The second kappa shape index (κ2) is 8.38. The molecule has 0 radical (unpaired) electrons. The summed E-state index contributed by atoms with van der Waals surface area (Å²) in [5.41, 5.74) is -0.489. The lowest BCUT2D eigenvalue weighted by Gasteiger charge is -2.81. The van der Waals surface area contributed by atoms with E-state index in [0.717, 1.165) is 18.6 Å². The Kier molecular flexibility index (Phi) is 5.67. The van der Waals surface area contributed by atoms with Gasteiger partial charge in [-0.3, -0.25) is 14.5 Å². The van der Waals surface area contributed by atoms with Crippen molar-refractivity contribution >= 4 is 35.0 Å². The van der Waals surface area contributed by atoms with Gasteiger partial charge in [-0.15, -0.1) is 0 Å². The molecule has 1 N–H and O–H groups in total. The van der Waals surface area contributed by atoms with E-state index in [-0.39, 0.29) is 35.5 Å². The number of piperazine rings is 1. The van der Waals surface area contributed by atoms with E-state index >= 15 is 0 Å². The molecule has 2 amide bonds. The molecule has 1 saturated heterocycles. The zero-order valence-corrected chi connectivity index (χ0v) is 19.7. The van der Waals surface area contributed by atoms with Crippen LogP contribution in [0.4, 0.5) is 0 Å². The molecule has 2 aromatic rings. The fourth-order valence-electron chi connectivity index (χ4n) is 5.64. The van der Waals surface area contributed by atoms with Gasteiger partial charge in [0.2, 0.25) is 5.91 Å². The van der Waals surface area contributed by atoms with Gasteiger partial charge in [0.15, 0.2) is 6.61 Å². The molecule has 1 atom stereocenters. The number of likely N-dealkylation sites (N-methyl/N-ethyl adjacent to an activating group) is 1. The smallest absolute Gasteiger partial charge is 0.258 e. The van der Waals surface area contributed by atoms with Crippen LogP contribution in [0.3, 0.4) is 0 Å². The van der Waals surface area contributed by atoms with Gasteiger partial charge in [0, 0.05) is 29.2 Å². The number of nitrogens with zero attached hydrogens (tertiary/aromatic N) is 2. The summed E-state index contributed by atoms with van der Waals surface area (Å²) in [6.45, 7) is 1.39. The monoisotopic (exact) mass is 489 g/mol. The molecular formula is C24H25Cl2N3O4. The summed E-state index contributed by atoms with van der Waals surface area (Å²) >= 11 is 11.8. The van der Waals surface area contributed by atoms with Gasteiger partial charge in [-0.1, -0.05) is 23.2 Å². The second-order valence-corrected chi connectivity index (χ2v) is 9.91. The van der Waals surface area contributed by atoms with E-state index in [2.05, 4.69) is 10.2 Å². The minimum absolute atomic E-state index is 0.0405. The summed E-state index contributed by atoms with van der Waals surface area (Å²) in [7, 11) is 1.83. The van der Waals surface area contributed by atoms with Crippen LogP contribution >= 0.6 is 23.2 Å². The van der Waals surface area contributed by atoms with Crippen molar-refractivity contribution in [2.75, 3.05) is 33.4 Å². The van der Waals surface area contributed by atoms with E-state index in [1.807, 2.05) is 19.2 Å². The number of hydrogen-bond acceptors (Lipinski definition) is 5. The van der Waals surface area contributed by atoms with E-state index in [0.29, 0.717) is 35.5 Å². The number of halogens is 2. The van der Waals surface area contributed by atoms with Crippen molar-refractivity contribution in [1.29, 1.82) is 0 Å². The lowest BCUT2D eigenvalue weighted by molar-refractivity contribution is -0.261. The number of benzene rings is 2. The number of carbonyl (C=O) groups is 2. The Balaban J connectivity index is 1.17. The van der Waals surface area contributed by atoms with Gasteiger partial charge in [0.25, 0.3) is 5.91 Å². The molecular weight excluding hydrogens is 465 g/mol. The fraction of sp³-hybridized carbons (Fsp3) is 0.417. The van der Waals surface area contributed by atoms with Gasteiger partial charge >= 0.3 is 0 Å². The first kappa shape index (κ1) is 22.3. The molecule has 6 rings (SSSR count). The Hall–Kier alpha value is -2.48. The van der Waals surface area contributed by atoms with Crippen LogP contribution in [0.5, 0.6) is 11.5 Å². The lowest BCUT2D eigenvalue weighted by Crippen LogP contribution is -2.98. The minimum atomic E-state index is -0.388. The maximum Gasteiger partial charge on any atom is 0.258 e. The SMILES string of the molecule is CN1C(=O)CN(CCOc2ccc(Cl)cc2)C23CC(NC(=O)COc4ccc(Cl)cc4)(C2)C13. The van der Waals surface area contributed by atoms with Crippen LogP contribution in [0, 0.1) is 0 Å². The summed E-state index contributed by atoms with van der Waals surface area (Å²) in [4.78, 5) is 29.3. The van der Waals surface area contributed by atoms with E-state index in [1.165, 1.54) is 0 Å². The average Bonchev–Trinajstić information content (AvgIpc) is 2.75. The van der Waals surface area contributed by atoms with Crippen LogP contribution in [0.15, 0.2) is 48.5 Å². The maximum atomic E-state index is 12.7. The van der Waals surface area contributed by atoms with Crippen LogP contribution in [0.25, 0.3) is 0 Å². The van der Waals surface area contributed by atoms with Gasteiger partial charge < -0.3 is 19.7 Å². The maximum absolute atomic E-state index is 12.7. The van der Waals surface area contributed by atoms with E-state index in [9.17, 15) is 9.59 Å². The van der Waals surface area contributed by atoms with Crippen molar-refractivity contribution in [3.8, 4) is 11.5 Å². The Morgan fingerprint density at radius 2 is 1.61 bits per heavy atom. The Morgan fingerprint density at radius 3 is 2.21 bits per heavy atom. The van der Waals surface area contributed by atoms with Crippen molar-refractivity contribution in [3.63, 3.8) is 0 Å². The van der Waals surface area contributed by atoms with Crippen LogP contribution in [0.1, 0.15) is 12.8 Å². The van der Waals surface area contributed by atoms with Crippen molar-refractivity contribution in [3.05, 3.63) is 58.6 Å². The standard InChI is InChI=1S/C24H25Cl2N3O4/c1-28-21(31)12-29(10-11-32-18-6-2-16(25)3-7-18)24-14-23(15-24,22(24)28)27-20(30)13-33-19-8-4-17(26)5-9-19/h2-9,22H,10-15H2,1H3,(H,27,30). The van der Waals surface area contributed by atoms with Crippen LogP contribution in [0.2, 0.25) is 10.0 Å². The molecule has 1 aliphatic heterocycles. The van der Waals surface area contributed by atoms with E-state index < -0.39 is 0 Å². The van der Waals surface area contributed by atoms with Gasteiger partial charge in [-0.2, -0.15) is 0 Å². The minimum Gasteiger partial charge on any atom is -0.492 e. The number of nitrogens with one attached hydrogen (secondary N) is 1. The molecule has 4 aliphatic rings. The van der Waals surface area contributed by atoms with Gasteiger partial charge in [-0.25, -0.2) is 0 Å². The number of hydrogen-bond donors (Lipinski definition) is 1. The van der Waals surface area contributed by atoms with Crippen LogP contribution in [-0.2, 0) is 9.59 Å². The number of amides is 2. The molecule has 3 saturated carbocycles. The number of ether oxygens (including phenoxy) is 2. The van der Waals surface area contributed by atoms with Crippen molar-refractivity contribution in [2.45, 2.75) is 30.0 Å². The molecule has 4 fully saturated rings. The third-order valence-electron chi connectivity index (χ3n) is 7.03. The first-order valence-electron chi connectivity index (χ1n) is 10.9. The van der Waals surface area contributed by atoms with Crippen molar-refractivity contribution in [1.82, 2.24) is 15.1 Å². The van der Waals surface area contributed by atoms with E-state index in [1.54, 1.807) is 41.3 Å². The lowest BCUT2D eigenvalue weighted by atomic mass is 9.38. The Morgan fingerprint density at radius 1 is 1.03 bits per heavy atom. The normalized spacial score (nSPS) is 27.8. The largest absolute Gasteiger partial charge is 0.492 e. The topological polar surface area (TPSA) is 71.1 Å². The van der Waals surface area contributed by atoms with E-state index in [4.69, 9.17) is 32.7 Å². The average molecular weight is 490 g/mol. The highest BCUT2D eigenvalue weighted by Crippen LogP contribution is 2.66. The molecule has 9 heteroatoms. The predicted octanol–water partition coefficient (Wildman–Crippen LogP) is 3.00. The Labute approximate surface area is 202 Å². The molecule has 0 aromatic heterocycles. The first-order valence-corrected chi connectivity index (χ1v) is 11.7. The van der Waals surface area contributed by atoms with Gasteiger partial charge in [0.05, 0.1) is 18.1 Å². The second-order valence-electron chi connectivity index (χ2n) is 9.04. The Bertz CT molecular complexity index is 1050. The molecule has 3 aliphatic carbocycles. The number of rotatable bonds is 8. The third kappa shape index (κ3) is 3.92. The summed E-state index contributed by atoms with van der Waals surface area (Å²) in [5.74, 6) is 1.19. The molecule has 1 spiro atoms. The molecule has 2 aromatic carbocycles. The summed E-state index contributed by atoms with van der Waals surface area (Å²) in [6.07, 6.45) is 1.63. The fourth-order valence-corrected chi connectivity index (χ4v) is 5.89. The highest BCUT2D eigenvalue weighted by Gasteiger charge is 2.81. The first-order chi connectivity index (χ1) is 15.8. The number of carbonyl (C=O) groups excluding carboxylic acids is 2. The summed E-state index contributed by atoms with van der Waals surface area (Å²) < 4.78 is 11.4. The third-order valence-corrected chi connectivity index (χ3v) is 7.53. The zero-order chi connectivity index (χ0) is 23.2. The van der Waals surface area contributed by atoms with Gasteiger partial charge in [0.1, 0.15) is 18.1 Å². The summed E-state index contributed by atoms with van der Waals surface area (Å²) in [6, 6.07) is 14.1.